The number of ether oxygens (including phenoxy) is 2. The van der Waals surface area contributed by atoms with Crippen LogP contribution < -0.4 is 10.1 Å². The van der Waals surface area contributed by atoms with Crippen LogP contribution in [0.25, 0.3) is 0 Å². The Morgan fingerprint density at radius 1 is 1.31 bits per heavy atom. The van der Waals surface area contributed by atoms with Crippen LogP contribution in [0, 0.1) is 11.7 Å². The van der Waals surface area contributed by atoms with Gasteiger partial charge in [-0.1, -0.05) is 24.3 Å². The van der Waals surface area contributed by atoms with E-state index in [1.54, 1.807) is 30.3 Å². The quantitative estimate of drug-likeness (QED) is 0.660. The number of halogens is 1. The van der Waals surface area contributed by atoms with Gasteiger partial charge in [-0.15, -0.1) is 0 Å². The zero-order valence-electron chi connectivity index (χ0n) is 17.7. The summed E-state index contributed by atoms with van der Waals surface area (Å²) in [5.74, 6) is -0.155. The molecule has 3 aliphatic rings. The molecule has 2 fully saturated rings. The van der Waals surface area contributed by atoms with E-state index in [1.165, 1.54) is 6.07 Å². The van der Waals surface area contributed by atoms with Gasteiger partial charge in [0, 0.05) is 44.1 Å². The first-order valence-corrected chi connectivity index (χ1v) is 11.0. The van der Waals surface area contributed by atoms with Crippen molar-refractivity contribution in [2.75, 3.05) is 31.6 Å². The van der Waals surface area contributed by atoms with Gasteiger partial charge in [-0.2, -0.15) is 0 Å². The minimum Gasteiger partial charge on any atom is -0.487 e. The van der Waals surface area contributed by atoms with Crippen molar-refractivity contribution >= 4 is 11.8 Å². The molecular weight excluding hydrogens is 415 g/mol. The second-order valence-electron chi connectivity index (χ2n) is 9.05. The Balaban J connectivity index is 1.19. The summed E-state index contributed by atoms with van der Waals surface area (Å²) in [6.45, 7) is 1.80. The molecule has 1 saturated carbocycles. The molecule has 2 heterocycles. The molecule has 0 spiro atoms. The maximum Gasteiger partial charge on any atom is 0.411 e. The van der Waals surface area contributed by atoms with Gasteiger partial charge in [-0.3, -0.25) is 10.2 Å². The number of β-amino-alcohol motifs (C(OH)–C–C–N with tert-alkyl or cyclic N) is 2. The number of nitrogens with zero attached hydrogens (tertiary/aromatic N) is 1. The number of cyclic esters (lactones) is 1. The fourth-order valence-corrected chi connectivity index (χ4v) is 5.23. The van der Waals surface area contributed by atoms with Crippen LogP contribution in [0.15, 0.2) is 42.5 Å². The lowest BCUT2D eigenvalue weighted by Crippen LogP contribution is -2.36. The monoisotopic (exact) mass is 442 g/mol. The fourth-order valence-electron chi connectivity index (χ4n) is 5.23. The average molecular weight is 442 g/mol. The third-order valence-corrected chi connectivity index (χ3v) is 6.78. The number of aliphatic hydroxyl groups excluding tert-OH is 1. The number of hydrogen-bond acceptors (Lipinski definition) is 6. The van der Waals surface area contributed by atoms with Crippen molar-refractivity contribution in [3.63, 3.8) is 0 Å². The summed E-state index contributed by atoms with van der Waals surface area (Å²) in [5, 5.41) is 24.7. The zero-order chi connectivity index (χ0) is 22.3. The van der Waals surface area contributed by atoms with Crippen molar-refractivity contribution in [3.8, 4) is 5.75 Å². The molecule has 2 aliphatic heterocycles. The van der Waals surface area contributed by atoms with Gasteiger partial charge in [0.25, 0.3) is 0 Å². The standard InChI is InChI=1S/C24H27FN2O5/c25-19-3-1-2-4-22(19)32-18-10-17-12-27(14-24(17,30)11-18)13-21(28)16-5-6-20-15(9-16)7-8-31-23(29)26-20/h1-6,9,17-18,21,28,30H,7-8,10-14H2,(H,26,29)/t17-,18+,21+,24-/m1/s1. The number of aliphatic hydroxyl groups is 2. The van der Waals surface area contributed by atoms with E-state index in [-0.39, 0.29) is 17.8 Å². The zero-order valence-corrected chi connectivity index (χ0v) is 17.7. The fraction of sp³-hybridized carbons (Fsp3) is 0.458. The Morgan fingerprint density at radius 2 is 2.16 bits per heavy atom. The first kappa shape index (κ1) is 21.2. The number of carbonyl (C=O) groups is 1. The summed E-state index contributed by atoms with van der Waals surface area (Å²) >= 11 is 0. The second-order valence-corrected chi connectivity index (χ2v) is 9.05. The van der Waals surface area contributed by atoms with E-state index in [2.05, 4.69) is 10.2 Å². The van der Waals surface area contributed by atoms with Crippen LogP contribution in [-0.2, 0) is 11.2 Å². The van der Waals surface area contributed by atoms with Gasteiger partial charge in [0.15, 0.2) is 11.6 Å². The summed E-state index contributed by atoms with van der Waals surface area (Å²) in [7, 11) is 0. The molecule has 32 heavy (non-hydrogen) atoms. The highest BCUT2D eigenvalue weighted by molar-refractivity contribution is 5.86. The second kappa shape index (κ2) is 8.35. The number of amides is 1. The van der Waals surface area contributed by atoms with E-state index < -0.39 is 23.6 Å². The number of rotatable bonds is 5. The topological polar surface area (TPSA) is 91.3 Å². The van der Waals surface area contributed by atoms with Crippen molar-refractivity contribution in [1.29, 1.82) is 0 Å². The van der Waals surface area contributed by atoms with E-state index in [4.69, 9.17) is 9.47 Å². The lowest BCUT2D eigenvalue weighted by atomic mass is 9.95. The first-order chi connectivity index (χ1) is 15.4. The molecule has 0 unspecified atom stereocenters. The summed E-state index contributed by atoms with van der Waals surface area (Å²) in [6, 6.07) is 11.8. The lowest BCUT2D eigenvalue weighted by Gasteiger charge is -2.25. The highest BCUT2D eigenvalue weighted by atomic mass is 19.1. The van der Waals surface area contributed by atoms with E-state index in [9.17, 15) is 19.4 Å². The summed E-state index contributed by atoms with van der Waals surface area (Å²) in [6.07, 6.45) is 0.270. The predicted molar refractivity (Wildman–Crippen MR) is 115 cm³/mol. The third-order valence-electron chi connectivity index (χ3n) is 6.78. The van der Waals surface area contributed by atoms with E-state index >= 15 is 0 Å². The molecule has 5 rings (SSSR count). The molecule has 3 N–H and O–H groups in total. The Labute approximate surface area is 185 Å². The van der Waals surface area contributed by atoms with Gasteiger partial charge in [0.1, 0.15) is 6.10 Å². The molecule has 170 valence electrons. The maximum absolute atomic E-state index is 13.9. The van der Waals surface area contributed by atoms with Crippen LogP contribution >= 0.6 is 0 Å². The number of fused-ring (bicyclic) bond motifs is 2. The Bertz CT molecular complexity index is 1020. The smallest absolute Gasteiger partial charge is 0.411 e. The maximum atomic E-state index is 13.9. The Hall–Kier alpha value is -2.68. The number of hydrogen-bond donors (Lipinski definition) is 3. The number of likely N-dealkylation sites (tertiary alicyclic amines) is 1. The Morgan fingerprint density at radius 3 is 2.97 bits per heavy atom. The van der Waals surface area contributed by atoms with Gasteiger partial charge in [0.05, 0.1) is 18.3 Å². The number of para-hydroxylation sites is 1. The largest absolute Gasteiger partial charge is 0.487 e. The minimum absolute atomic E-state index is 0.0193. The number of nitrogens with one attached hydrogen (secondary N) is 1. The highest BCUT2D eigenvalue weighted by Gasteiger charge is 2.52. The van der Waals surface area contributed by atoms with Crippen molar-refractivity contribution in [1.82, 2.24) is 4.90 Å². The molecule has 2 aromatic carbocycles. The molecule has 1 saturated heterocycles. The number of benzene rings is 2. The molecule has 0 radical (unpaired) electrons. The van der Waals surface area contributed by atoms with Crippen molar-refractivity contribution < 1.29 is 28.9 Å². The molecule has 8 heteroatoms. The Kier molecular flexibility index (Phi) is 5.53. The molecule has 1 aliphatic carbocycles. The molecule has 1 amide bonds. The summed E-state index contributed by atoms with van der Waals surface area (Å²) < 4.78 is 24.7. The van der Waals surface area contributed by atoms with Crippen LogP contribution in [0.4, 0.5) is 14.9 Å². The molecule has 4 atom stereocenters. The lowest BCUT2D eigenvalue weighted by molar-refractivity contribution is 0.0175. The van der Waals surface area contributed by atoms with Gasteiger partial charge in [-0.25, -0.2) is 9.18 Å². The molecule has 0 aromatic heterocycles. The van der Waals surface area contributed by atoms with Crippen LogP contribution in [0.2, 0.25) is 0 Å². The van der Waals surface area contributed by atoms with Crippen molar-refractivity contribution in [2.45, 2.75) is 37.1 Å². The van der Waals surface area contributed by atoms with Crippen LogP contribution in [0.1, 0.15) is 30.1 Å². The molecule has 7 nitrogen and oxygen atoms in total. The molecule has 0 bridgehead atoms. The van der Waals surface area contributed by atoms with Crippen molar-refractivity contribution in [2.24, 2.45) is 5.92 Å². The molecular formula is C24H27FN2O5. The SMILES string of the molecule is O=C1Nc2ccc([C@@H](O)CN3C[C@H]4C[C@H](Oc5ccccc5F)C[C@@]4(O)C3)cc2CCO1. The minimum atomic E-state index is -0.898. The van der Waals surface area contributed by atoms with E-state index in [0.29, 0.717) is 51.2 Å². The van der Waals surface area contributed by atoms with Gasteiger partial charge >= 0.3 is 6.09 Å². The van der Waals surface area contributed by atoms with E-state index in [0.717, 1.165) is 11.1 Å². The number of carbonyl (C=O) groups excluding carboxylic acids is 1. The summed E-state index contributed by atoms with van der Waals surface area (Å²) in [4.78, 5) is 13.6. The van der Waals surface area contributed by atoms with Crippen LogP contribution in [0.3, 0.4) is 0 Å². The summed E-state index contributed by atoms with van der Waals surface area (Å²) in [5.41, 5.74) is 1.50. The van der Waals surface area contributed by atoms with Gasteiger partial charge < -0.3 is 19.7 Å². The molecule has 2 aromatic rings. The number of anilines is 1. The highest BCUT2D eigenvalue weighted by Crippen LogP contribution is 2.43. The average Bonchev–Trinajstić information content (AvgIpc) is 3.11. The van der Waals surface area contributed by atoms with Crippen LogP contribution in [0.5, 0.6) is 5.75 Å². The first-order valence-electron chi connectivity index (χ1n) is 11.0. The van der Waals surface area contributed by atoms with Crippen LogP contribution in [-0.4, -0.2) is 59.2 Å². The predicted octanol–water partition coefficient (Wildman–Crippen LogP) is 2.87. The van der Waals surface area contributed by atoms with E-state index in [1.807, 2.05) is 6.07 Å². The normalized spacial score (nSPS) is 28.3. The van der Waals surface area contributed by atoms with Gasteiger partial charge in [0.2, 0.25) is 0 Å². The van der Waals surface area contributed by atoms with Crippen molar-refractivity contribution in [3.05, 3.63) is 59.4 Å². The third kappa shape index (κ3) is 4.18. The van der Waals surface area contributed by atoms with Gasteiger partial charge in [-0.05, 0) is 35.7 Å².